The van der Waals surface area contributed by atoms with Gasteiger partial charge in [0.2, 0.25) is 0 Å². The molecule has 1 atom stereocenters. The SMILES string of the molecule is CCn1cc(C2CN(C(=O)c3ccc(OC4CCCCC4)cc3)CCO2)cn1. The molecule has 6 heteroatoms. The van der Waals surface area contributed by atoms with Gasteiger partial charge < -0.3 is 14.4 Å². The largest absolute Gasteiger partial charge is 0.490 e. The molecule has 1 unspecified atom stereocenters. The molecule has 1 amide bonds. The molecule has 1 aliphatic heterocycles. The quantitative estimate of drug-likeness (QED) is 0.787. The van der Waals surface area contributed by atoms with Crippen molar-refractivity contribution >= 4 is 5.91 Å². The summed E-state index contributed by atoms with van der Waals surface area (Å²) in [5.74, 6) is 0.899. The smallest absolute Gasteiger partial charge is 0.254 e. The normalized spacial score (nSPS) is 20.9. The number of carbonyl (C=O) groups excluding carboxylic acids is 1. The van der Waals surface area contributed by atoms with Crippen LogP contribution in [0.4, 0.5) is 0 Å². The van der Waals surface area contributed by atoms with Crippen LogP contribution in [0, 0.1) is 0 Å². The van der Waals surface area contributed by atoms with E-state index in [1.165, 1.54) is 19.3 Å². The van der Waals surface area contributed by atoms with Crippen LogP contribution in [-0.2, 0) is 11.3 Å². The predicted octanol–water partition coefficient (Wildman–Crippen LogP) is 3.83. The molecular weight excluding hydrogens is 354 g/mol. The Hall–Kier alpha value is -2.34. The maximum absolute atomic E-state index is 12.9. The van der Waals surface area contributed by atoms with Crippen molar-refractivity contribution in [3.05, 3.63) is 47.8 Å². The Labute approximate surface area is 166 Å². The Morgan fingerprint density at radius 3 is 2.71 bits per heavy atom. The first kappa shape index (κ1) is 19.0. The predicted molar refractivity (Wildman–Crippen MR) is 106 cm³/mol. The topological polar surface area (TPSA) is 56.6 Å². The van der Waals surface area contributed by atoms with E-state index in [2.05, 4.69) is 12.0 Å². The zero-order chi connectivity index (χ0) is 19.3. The minimum absolute atomic E-state index is 0.0420. The lowest BCUT2D eigenvalue weighted by Gasteiger charge is -2.32. The molecule has 1 saturated heterocycles. The third-order valence-corrected chi connectivity index (χ3v) is 5.66. The highest BCUT2D eigenvalue weighted by Crippen LogP contribution is 2.25. The highest BCUT2D eigenvalue weighted by Gasteiger charge is 2.27. The third-order valence-electron chi connectivity index (χ3n) is 5.66. The van der Waals surface area contributed by atoms with E-state index in [1.807, 2.05) is 46.2 Å². The number of ether oxygens (including phenoxy) is 2. The van der Waals surface area contributed by atoms with Gasteiger partial charge in [-0.1, -0.05) is 6.42 Å². The van der Waals surface area contributed by atoms with Crippen LogP contribution in [0.5, 0.6) is 5.75 Å². The summed E-state index contributed by atoms with van der Waals surface area (Å²) < 4.78 is 13.8. The van der Waals surface area contributed by atoms with Crippen LogP contribution in [0.1, 0.15) is 61.1 Å². The second-order valence-electron chi connectivity index (χ2n) is 7.64. The van der Waals surface area contributed by atoms with Crippen molar-refractivity contribution < 1.29 is 14.3 Å². The molecule has 2 heterocycles. The van der Waals surface area contributed by atoms with Gasteiger partial charge in [0, 0.05) is 30.4 Å². The van der Waals surface area contributed by atoms with E-state index < -0.39 is 0 Å². The van der Waals surface area contributed by atoms with E-state index in [1.54, 1.807) is 0 Å². The molecular formula is C22H29N3O3. The lowest BCUT2D eigenvalue weighted by atomic mass is 9.98. The zero-order valence-electron chi connectivity index (χ0n) is 16.5. The molecule has 0 N–H and O–H groups in total. The lowest BCUT2D eigenvalue weighted by Crippen LogP contribution is -2.42. The van der Waals surface area contributed by atoms with Gasteiger partial charge in [-0.15, -0.1) is 0 Å². The third kappa shape index (κ3) is 4.38. The van der Waals surface area contributed by atoms with Crippen molar-refractivity contribution in [2.75, 3.05) is 19.7 Å². The van der Waals surface area contributed by atoms with Crippen LogP contribution in [0.3, 0.4) is 0 Å². The first-order valence-corrected chi connectivity index (χ1v) is 10.4. The van der Waals surface area contributed by atoms with Crippen LogP contribution < -0.4 is 4.74 Å². The van der Waals surface area contributed by atoms with Gasteiger partial charge in [0.05, 0.1) is 25.5 Å². The molecule has 4 rings (SSSR count). The Morgan fingerprint density at radius 1 is 1.21 bits per heavy atom. The van der Waals surface area contributed by atoms with Crippen molar-refractivity contribution in [2.24, 2.45) is 0 Å². The minimum Gasteiger partial charge on any atom is -0.490 e. The molecule has 1 aromatic heterocycles. The summed E-state index contributed by atoms with van der Waals surface area (Å²) in [4.78, 5) is 14.8. The van der Waals surface area contributed by atoms with Gasteiger partial charge in [0.1, 0.15) is 11.9 Å². The molecule has 2 aromatic rings. The number of benzene rings is 1. The molecule has 6 nitrogen and oxygen atoms in total. The number of aromatic nitrogens is 2. The van der Waals surface area contributed by atoms with E-state index in [0.29, 0.717) is 31.4 Å². The number of hydrogen-bond acceptors (Lipinski definition) is 4. The highest BCUT2D eigenvalue weighted by molar-refractivity contribution is 5.94. The Bertz CT molecular complexity index is 781. The fraction of sp³-hybridized carbons (Fsp3) is 0.545. The molecule has 150 valence electrons. The van der Waals surface area contributed by atoms with Gasteiger partial charge in [-0.2, -0.15) is 5.10 Å². The number of nitrogens with zero attached hydrogens (tertiary/aromatic N) is 3. The van der Waals surface area contributed by atoms with Crippen LogP contribution in [0.2, 0.25) is 0 Å². The van der Waals surface area contributed by atoms with Crippen LogP contribution in [-0.4, -0.2) is 46.4 Å². The molecule has 0 spiro atoms. The molecule has 1 saturated carbocycles. The van der Waals surface area contributed by atoms with Crippen LogP contribution >= 0.6 is 0 Å². The maximum atomic E-state index is 12.9. The summed E-state index contributed by atoms with van der Waals surface area (Å²) in [6, 6.07) is 7.59. The maximum Gasteiger partial charge on any atom is 0.254 e. The van der Waals surface area contributed by atoms with Gasteiger partial charge >= 0.3 is 0 Å². The number of aryl methyl sites for hydroxylation is 1. The fourth-order valence-electron chi connectivity index (χ4n) is 3.99. The number of hydrogen-bond donors (Lipinski definition) is 0. The molecule has 28 heavy (non-hydrogen) atoms. The van der Waals surface area contributed by atoms with Gasteiger partial charge in [0.15, 0.2) is 0 Å². The summed E-state index contributed by atoms with van der Waals surface area (Å²) in [6.45, 7) is 4.57. The van der Waals surface area contributed by atoms with E-state index >= 15 is 0 Å². The summed E-state index contributed by atoms with van der Waals surface area (Å²) >= 11 is 0. The van der Waals surface area contributed by atoms with Gasteiger partial charge in [-0.05, 0) is 56.9 Å². The van der Waals surface area contributed by atoms with Crippen molar-refractivity contribution in [1.29, 1.82) is 0 Å². The second-order valence-corrected chi connectivity index (χ2v) is 7.64. The summed E-state index contributed by atoms with van der Waals surface area (Å²) in [7, 11) is 0. The monoisotopic (exact) mass is 383 g/mol. The average molecular weight is 383 g/mol. The summed E-state index contributed by atoms with van der Waals surface area (Å²) in [6.07, 6.45) is 10.1. The Morgan fingerprint density at radius 2 is 2.00 bits per heavy atom. The molecule has 2 fully saturated rings. The van der Waals surface area contributed by atoms with E-state index in [9.17, 15) is 4.79 Å². The van der Waals surface area contributed by atoms with Gasteiger partial charge in [-0.25, -0.2) is 0 Å². The lowest BCUT2D eigenvalue weighted by molar-refractivity contribution is -0.0228. The highest BCUT2D eigenvalue weighted by atomic mass is 16.5. The van der Waals surface area contributed by atoms with Crippen LogP contribution in [0.15, 0.2) is 36.7 Å². The number of amides is 1. The number of morpholine rings is 1. The van der Waals surface area contributed by atoms with Crippen molar-refractivity contribution in [2.45, 2.75) is 57.8 Å². The van der Waals surface area contributed by atoms with E-state index in [4.69, 9.17) is 9.47 Å². The van der Waals surface area contributed by atoms with Crippen molar-refractivity contribution in [1.82, 2.24) is 14.7 Å². The summed E-state index contributed by atoms with van der Waals surface area (Å²) in [5, 5.41) is 4.31. The molecule has 1 aliphatic carbocycles. The van der Waals surface area contributed by atoms with Gasteiger partial charge in [-0.3, -0.25) is 9.48 Å². The van der Waals surface area contributed by atoms with Crippen molar-refractivity contribution in [3.8, 4) is 5.75 Å². The first-order valence-electron chi connectivity index (χ1n) is 10.4. The van der Waals surface area contributed by atoms with E-state index in [-0.39, 0.29) is 12.0 Å². The summed E-state index contributed by atoms with van der Waals surface area (Å²) in [5.41, 5.74) is 1.72. The van der Waals surface area contributed by atoms with Crippen LogP contribution in [0.25, 0.3) is 0 Å². The Kier molecular flexibility index (Phi) is 5.95. The van der Waals surface area contributed by atoms with E-state index in [0.717, 1.165) is 30.7 Å². The minimum atomic E-state index is -0.119. The molecule has 0 radical (unpaired) electrons. The molecule has 2 aliphatic rings. The first-order chi connectivity index (χ1) is 13.7. The number of rotatable bonds is 5. The standard InChI is InChI=1S/C22H29N3O3/c1-2-25-15-18(14-23-25)21-16-24(12-13-27-21)22(26)17-8-10-20(11-9-17)28-19-6-4-3-5-7-19/h8-11,14-15,19,21H,2-7,12-13,16H2,1H3. The van der Waals surface area contributed by atoms with Gasteiger partial charge in [0.25, 0.3) is 5.91 Å². The Balaban J connectivity index is 1.37. The number of carbonyl (C=O) groups is 1. The molecule has 0 bridgehead atoms. The zero-order valence-corrected chi connectivity index (χ0v) is 16.5. The fourth-order valence-corrected chi connectivity index (χ4v) is 3.99. The van der Waals surface area contributed by atoms with Crippen molar-refractivity contribution in [3.63, 3.8) is 0 Å². The molecule has 1 aromatic carbocycles. The second kappa shape index (κ2) is 8.78. The average Bonchev–Trinajstić information content (AvgIpc) is 3.24.